The maximum Gasteiger partial charge on any atom is 0.168 e. The third kappa shape index (κ3) is 1.75. The normalized spacial score (nSPS) is 34.2. The second-order valence-electron chi connectivity index (χ2n) is 7.36. The van der Waals surface area contributed by atoms with Gasteiger partial charge in [0.25, 0.3) is 0 Å². The number of hydrogen-bond donors (Lipinski definition) is 3. The van der Waals surface area contributed by atoms with Crippen molar-refractivity contribution in [3.63, 3.8) is 0 Å². The second kappa shape index (κ2) is 4.23. The molecule has 3 unspecified atom stereocenters. The average molecular weight is 290 g/mol. The first-order chi connectivity index (χ1) is 9.69. The molecular weight excluding hydrogens is 268 g/mol. The fourth-order valence-corrected chi connectivity index (χ4v) is 4.48. The lowest BCUT2D eigenvalue weighted by molar-refractivity contribution is -0.0545. The summed E-state index contributed by atoms with van der Waals surface area (Å²) in [4.78, 5) is 12.5. The summed E-state index contributed by atoms with van der Waals surface area (Å²) < 4.78 is 0. The number of aliphatic hydroxyl groups is 1. The summed E-state index contributed by atoms with van der Waals surface area (Å²) in [5, 5.41) is 30.4. The van der Waals surface area contributed by atoms with Crippen molar-refractivity contribution in [2.45, 2.75) is 51.6 Å². The van der Waals surface area contributed by atoms with Gasteiger partial charge in [0.2, 0.25) is 0 Å². The molecule has 0 bridgehead atoms. The first kappa shape index (κ1) is 14.4. The van der Waals surface area contributed by atoms with Crippen LogP contribution in [-0.2, 0) is 5.41 Å². The predicted octanol–water partition coefficient (Wildman–Crippen LogP) is 2.74. The van der Waals surface area contributed by atoms with Crippen LogP contribution in [0.2, 0.25) is 0 Å². The molecule has 2 aliphatic rings. The minimum Gasteiger partial charge on any atom is -0.504 e. The SMILES string of the molecule is CC1(C)CCC(O)C2(C)c3ccc(O)c(O)c3C(=O)CC12. The van der Waals surface area contributed by atoms with Gasteiger partial charge in [-0.05, 0) is 35.8 Å². The highest BCUT2D eigenvalue weighted by atomic mass is 16.3. The number of phenolic OH excluding ortho intramolecular Hbond substituents is 2. The Morgan fingerprint density at radius 1 is 1.19 bits per heavy atom. The number of hydrogen-bond acceptors (Lipinski definition) is 4. The van der Waals surface area contributed by atoms with Gasteiger partial charge in [-0.2, -0.15) is 0 Å². The Morgan fingerprint density at radius 3 is 2.52 bits per heavy atom. The van der Waals surface area contributed by atoms with Crippen LogP contribution in [0.5, 0.6) is 11.5 Å². The van der Waals surface area contributed by atoms with Crippen molar-refractivity contribution < 1.29 is 20.1 Å². The highest BCUT2D eigenvalue weighted by Crippen LogP contribution is 2.58. The standard InChI is InChI=1S/C17H22O4/c1-16(2)7-6-13(20)17(3)9-4-5-10(18)15(21)14(9)11(19)8-12(16)17/h4-5,12-13,18,20-21H,6-8H2,1-3H3. The first-order valence-corrected chi connectivity index (χ1v) is 7.46. The second-order valence-corrected chi connectivity index (χ2v) is 7.36. The Bertz CT molecular complexity index is 619. The van der Waals surface area contributed by atoms with Crippen molar-refractivity contribution in [1.82, 2.24) is 0 Å². The molecular formula is C17H22O4. The van der Waals surface area contributed by atoms with Crippen molar-refractivity contribution in [3.8, 4) is 11.5 Å². The van der Waals surface area contributed by atoms with E-state index in [0.29, 0.717) is 18.4 Å². The third-order valence-electron chi connectivity index (χ3n) is 5.83. The first-order valence-electron chi connectivity index (χ1n) is 7.46. The molecule has 0 amide bonds. The van der Waals surface area contributed by atoms with Crippen molar-refractivity contribution in [2.75, 3.05) is 0 Å². The Kier molecular flexibility index (Phi) is 2.90. The van der Waals surface area contributed by atoms with E-state index in [4.69, 9.17) is 0 Å². The number of ketones is 1. The van der Waals surface area contributed by atoms with Gasteiger partial charge in [-0.1, -0.05) is 26.8 Å². The van der Waals surface area contributed by atoms with E-state index in [0.717, 1.165) is 6.42 Å². The zero-order valence-electron chi connectivity index (χ0n) is 12.7. The van der Waals surface area contributed by atoms with Crippen LogP contribution in [0, 0.1) is 11.3 Å². The number of carbonyl (C=O) groups is 1. The van der Waals surface area contributed by atoms with E-state index in [2.05, 4.69) is 13.8 Å². The van der Waals surface area contributed by atoms with Gasteiger partial charge in [-0.25, -0.2) is 0 Å². The molecule has 21 heavy (non-hydrogen) atoms. The third-order valence-corrected chi connectivity index (χ3v) is 5.83. The minimum atomic E-state index is -0.573. The van der Waals surface area contributed by atoms with E-state index in [9.17, 15) is 20.1 Å². The van der Waals surface area contributed by atoms with Crippen LogP contribution in [0.3, 0.4) is 0 Å². The molecule has 4 nitrogen and oxygen atoms in total. The topological polar surface area (TPSA) is 77.8 Å². The summed E-state index contributed by atoms with van der Waals surface area (Å²) in [5.74, 6) is -0.762. The molecule has 0 aliphatic heterocycles. The summed E-state index contributed by atoms with van der Waals surface area (Å²) in [5.41, 5.74) is 0.232. The molecule has 2 aliphatic carbocycles. The largest absolute Gasteiger partial charge is 0.504 e. The number of Topliss-reactive ketones (excluding diaryl/α,β-unsaturated/α-hetero) is 1. The smallest absolute Gasteiger partial charge is 0.168 e. The summed E-state index contributed by atoms with van der Waals surface area (Å²) in [6.45, 7) is 6.26. The number of rotatable bonds is 0. The summed E-state index contributed by atoms with van der Waals surface area (Å²) in [7, 11) is 0. The molecule has 1 saturated carbocycles. The number of aliphatic hydroxyl groups excluding tert-OH is 1. The van der Waals surface area contributed by atoms with Crippen LogP contribution < -0.4 is 0 Å². The van der Waals surface area contributed by atoms with Crippen LogP contribution in [-0.4, -0.2) is 27.2 Å². The maximum atomic E-state index is 12.5. The van der Waals surface area contributed by atoms with Crippen LogP contribution in [0.25, 0.3) is 0 Å². The maximum absolute atomic E-state index is 12.5. The molecule has 0 spiro atoms. The predicted molar refractivity (Wildman–Crippen MR) is 78.6 cm³/mol. The van der Waals surface area contributed by atoms with E-state index < -0.39 is 11.5 Å². The minimum absolute atomic E-state index is 0.0256. The molecule has 1 aromatic rings. The number of aromatic hydroxyl groups is 2. The Labute approximate surface area is 124 Å². The lowest BCUT2D eigenvalue weighted by Crippen LogP contribution is -2.56. The van der Waals surface area contributed by atoms with Crippen LogP contribution in [0.4, 0.5) is 0 Å². The lowest BCUT2D eigenvalue weighted by atomic mass is 9.49. The summed E-state index contributed by atoms with van der Waals surface area (Å²) in [6.07, 6.45) is 1.30. The number of benzene rings is 1. The number of phenols is 2. The molecule has 0 heterocycles. The molecule has 4 heteroatoms. The lowest BCUT2D eigenvalue weighted by Gasteiger charge is -2.56. The molecule has 1 aromatic carbocycles. The highest BCUT2D eigenvalue weighted by molar-refractivity contribution is 6.02. The summed E-state index contributed by atoms with van der Waals surface area (Å²) in [6, 6.07) is 3.09. The number of carbonyl (C=O) groups excluding carboxylic acids is 1. The monoisotopic (exact) mass is 290 g/mol. The van der Waals surface area contributed by atoms with Gasteiger partial charge in [0, 0.05) is 11.8 Å². The van der Waals surface area contributed by atoms with E-state index in [1.165, 1.54) is 6.07 Å². The molecule has 3 N–H and O–H groups in total. The fraction of sp³-hybridized carbons (Fsp3) is 0.588. The average Bonchev–Trinajstić information content (AvgIpc) is 2.41. The van der Waals surface area contributed by atoms with E-state index >= 15 is 0 Å². The van der Waals surface area contributed by atoms with E-state index in [-0.39, 0.29) is 34.2 Å². The molecule has 3 rings (SSSR count). The number of fused-ring (bicyclic) bond motifs is 3. The van der Waals surface area contributed by atoms with Gasteiger partial charge in [0.15, 0.2) is 17.3 Å². The van der Waals surface area contributed by atoms with Crippen molar-refractivity contribution in [3.05, 3.63) is 23.3 Å². The molecule has 3 atom stereocenters. The highest BCUT2D eigenvalue weighted by Gasteiger charge is 2.56. The van der Waals surface area contributed by atoms with Crippen LogP contribution in [0.1, 0.15) is 56.0 Å². The molecule has 1 fully saturated rings. The van der Waals surface area contributed by atoms with Gasteiger partial charge < -0.3 is 15.3 Å². The van der Waals surface area contributed by atoms with Crippen molar-refractivity contribution >= 4 is 5.78 Å². The van der Waals surface area contributed by atoms with Gasteiger partial charge in [-0.3, -0.25) is 4.79 Å². The zero-order chi connectivity index (χ0) is 15.6. The molecule has 0 saturated heterocycles. The van der Waals surface area contributed by atoms with Gasteiger partial charge in [0.1, 0.15) is 0 Å². The van der Waals surface area contributed by atoms with E-state index in [1.54, 1.807) is 6.07 Å². The van der Waals surface area contributed by atoms with Crippen LogP contribution >= 0.6 is 0 Å². The van der Waals surface area contributed by atoms with Crippen molar-refractivity contribution in [1.29, 1.82) is 0 Å². The Morgan fingerprint density at radius 2 is 1.86 bits per heavy atom. The molecule has 0 aromatic heterocycles. The molecule has 114 valence electrons. The Balaban J connectivity index is 2.28. The van der Waals surface area contributed by atoms with Crippen LogP contribution in [0.15, 0.2) is 12.1 Å². The quantitative estimate of drug-likeness (QED) is 0.642. The summed E-state index contributed by atoms with van der Waals surface area (Å²) >= 11 is 0. The molecule has 0 radical (unpaired) electrons. The Hall–Kier alpha value is -1.55. The van der Waals surface area contributed by atoms with Gasteiger partial charge in [-0.15, -0.1) is 0 Å². The van der Waals surface area contributed by atoms with Crippen molar-refractivity contribution in [2.24, 2.45) is 11.3 Å². The van der Waals surface area contributed by atoms with Gasteiger partial charge >= 0.3 is 0 Å². The van der Waals surface area contributed by atoms with E-state index in [1.807, 2.05) is 6.92 Å². The van der Waals surface area contributed by atoms with Gasteiger partial charge in [0.05, 0.1) is 11.7 Å². The zero-order valence-corrected chi connectivity index (χ0v) is 12.7. The fourth-order valence-electron chi connectivity index (χ4n) is 4.48.